The highest BCUT2D eigenvalue weighted by Crippen LogP contribution is 2.15. The SMILES string of the molecule is CCCCCCN(CCN1CCOCC1)C(=O)C1=NCC(=O)N(c2ccc(C)cc2)N1. The van der Waals surface area contributed by atoms with Crippen LogP contribution in [0.3, 0.4) is 0 Å². The van der Waals surface area contributed by atoms with E-state index in [1.54, 1.807) is 0 Å². The number of morpholine rings is 1. The van der Waals surface area contributed by atoms with Crippen LogP contribution >= 0.6 is 0 Å². The number of nitrogens with one attached hydrogen (secondary N) is 1. The van der Waals surface area contributed by atoms with Crippen molar-refractivity contribution in [2.75, 3.05) is 57.5 Å². The zero-order chi connectivity index (χ0) is 22.1. The maximum Gasteiger partial charge on any atom is 0.290 e. The Morgan fingerprint density at radius 2 is 1.87 bits per heavy atom. The molecule has 2 aliphatic heterocycles. The van der Waals surface area contributed by atoms with Gasteiger partial charge in [0.05, 0.1) is 18.9 Å². The predicted octanol–water partition coefficient (Wildman–Crippen LogP) is 1.99. The van der Waals surface area contributed by atoms with Gasteiger partial charge in [-0.1, -0.05) is 43.9 Å². The van der Waals surface area contributed by atoms with E-state index < -0.39 is 0 Å². The van der Waals surface area contributed by atoms with Gasteiger partial charge in [0.25, 0.3) is 11.8 Å². The molecule has 170 valence electrons. The van der Waals surface area contributed by atoms with Gasteiger partial charge in [0.2, 0.25) is 5.84 Å². The van der Waals surface area contributed by atoms with Gasteiger partial charge in [0.1, 0.15) is 6.54 Å². The molecule has 1 aromatic rings. The van der Waals surface area contributed by atoms with Gasteiger partial charge in [-0.2, -0.15) is 0 Å². The lowest BCUT2D eigenvalue weighted by molar-refractivity contribution is -0.125. The van der Waals surface area contributed by atoms with Gasteiger partial charge in [0.15, 0.2) is 0 Å². The number of hydrogen-bond donors (Lipinski definition) is 1. The van der Waals surface area contributed by atoms with E-state index in [1.165, 1.54) is 11.4 Å². The molecule has 0 unspecified atom stereocenters. The molecule has 2 heterocycles. The highest BCUT2D eigenvalue weighted by molar-refractivity contribution is 6.39. The Labute approximate surface area is 185 Å². The van der Waals surface area contributed by atoms with Gasteiger partial charge in [-0.15, -0.1) is 0 Å². The van der Waals surface area contributed by atoms with Crippen molar-refractivity contribution in [1.29, 1.82) is 0 Å². The number of amidine groups is 1. The van der Waals surface area contributed by atoms with Crippen LogP contribution < -0.4 is 10.4 Å². The van der Waals surface area contributed by atoms with Gasteiger partial charge < -0.3 is 9.64 Å². The smallest absolute Gasteiger partial charge is 0.290 e. The summed E-state index contributed by atoms with van der Waals surface area (Å²) in [6.07, 6.45) is 4.40. The molecule has 0 aliphatic carbocycles. The van der Waals surface area contributed by atoms with Crippen LogP contribution in [0, 0.1) is 6.92 Å². The van der Waals surface area contributed by atoms with E-state index in [1.807, 2.05) is 36.1 Å². The number of nitrogens with zero attached hydrogens (tertiary/aromatic N) is 4. The first-order chi connectivity index (χ1) is 15.1. The molecule has 0 atom stereocenters. The van der Waals surface area contributed by atoms with Crippen molar-refractivity contribution in [3.8, 4) is 0 Å². The number of unbranched alkanes of at least 4 members (excludes halogenated alkanes) is 3. The largest absolute Gasteiger partial charge is 0.379 e. The van der Waals surface area contributed by atoms with Crippen LogP contribution in [0.5, 0.6) is 0 Å². The first-order valence-electron chi connectivity index (χ1n) is 11.4. The minimum Gasteiger partial charge on any atom is -0.379 e. The normalized spacial score (nSPS) is 17.3. The first kappa shape index (κ1) is 23.2. The molecular weight excluding hydrogens is 394 g/mol. The van der Waals surface area contributed by atoms with Gasteiger partial charge in [0, 0.05) is 32.7 Å². The maximum atomic E-state index is 13.3. The van der Waals surface area contributed by atoms with E-state index in [0.29, 0.717) is 18.8 Å². The second-order valence-electron chi connectivity index (χ2n) is 8.15. The fourth-order valence-electron chi connectivity index (χ4n) is 3.72. The molecule has 0 bridgehead atoms. The third-order valence-corrected chi connectivity index (χ3v) is 5.69. The molecule has 0 aromatic heterocycles. The molecule has 2 amide bonds. The van der Waals surface area contributed by atoms with Crippen molar-refractivity contribution < 1.29 is 14.3 Å². The zero-order valence-electron chi connectivity index (χ0n) is 18.8. The lowest BCUT2D eigenvalue weighted by Gasteiger charge is -2.32. The lowest BCUT2D eigenvalue weighted by Crippen LogP contribution is -2.57. The molecule has 2 aliphatic rings. The Morgan fingerprint density at radius 1 is 1.13 bits per heavy atom. The van der Waals surface area contributed by atoms with Crippen molar-refractivity contribution >= 4 is 23.3 Å². The van der Waals surface area contributed by atoms with Gasteiger partial charge in [-0.3, -0.25) is 24.9 Å². The molecule has 8 heteroatoms. The second-order valence-corrected chi connectivity index (χ2v) is 8.15. The summed E-state index contributed by atoms with van der Waals surface area (Å²) in [5.74, 6) is -0.0878. The number of aryl methyl sites for hydroxylation is 1. The predicted molar refractivity (Wildman–Crippen MR) is 122 cm³/mol. The fourth-order valence-corrected chi connectivity index (χ4v) is 3.72. The monoisotopic (exact) mass is 429 g/mol. The maximum absolute atomic E-state index is 13.3. The Kier molecular flexibility index (Phi) is 8.85. The van der Waals surface area contributed by atoms with Crippen LogP contribution in [0.25, 0.3) is 0 Å². The van der Waals surface area contributed by atoms with E-state index in [4.69, 9.17) is 4.74 Å². The minimum atomic E-state index is -0.178. The number of benzene rings is 1. The van der Waals surface area contributed by atoms with Gasteiger partial charge >= 0.3 is 0 Å². The third-order valence-electron chi connectivity index (χ3n) is 5.69. The van der Waals surface area contributed by atoms with Crippen LogP contribution in [0.1, 0.15) is 38.2 Å². The fraction of sp³-hybridized carbons (Fsp3) is 0.609. The molecule has 1 N–H and O–H groups in total. The Morgan fingerprint density at radius 3 is 2.58 bits per heavy atom. The zero-order valence-corrected chi connectivity index (χ0v) is 18.8. The topological polar surface area (TPSA) is 77.5 Å². The quantitative estimate of drug-likeness (QED) is 0.576. The summed E-state index contributed by atoms with van der Waals surface area (Å²) >= 11 is 0. The number of amides is 2. The van der Waals surface area contributed by atoms with Crippen LogP contribution in [0.4, 0.5) is 5.69 Å². The molecule has 3 rings (SSSR count). The van der Waals surface area contributed by atoms with Gasteiger partial charge in [-0.25, -0.2) is 5.01 Å². The van der Waals surface area contributed by atoms with E-state index >= 15 is 0 Å². The summed E-state index contributed by atoms with van der Waals surface area (Å²) in [6, 6.07) is 7.63. The van der Waals surface area contributed by atoms with E-state index in [0.717, 1.165) is 57.7 Å². The summed E-state index contributed by atoms with van der Waals surface area (Å²) in [4.78, 5) is 34.2. The summed E-state index contributed by atoms with van der Waals surface area (Å²) in [7, 11) is 0. The number of anilines is 1. The number of carbonyl (C=O) groups is 2. The number of carbonyl (C=O) groups excluding carboxylic acids is 2. The van der Waals surface area contributed by atoms with Crippen molar-refractivity contribution in [2.45, 2.75) is 39.5 Å². The lowest BCUT2D eigenvalue weighted by atomic mass is 10.2. The Balaban J connectivity index is 1.65. The van der Waals surface area contributed by atoms with E-state index in [-0.39, 0.29) is 24.2 Å². The summed E-state index contributed by atoms with van der Waals surface area (Å²) in [5, 5.41) is 1.43. The average molecular weight is 430 g/mol. The third kappa shape index (κ3) is 6.77. The van der Waals surface area contributed by atoms with Crippen LogP contribution in [-0.2, 0) is 14.3 Å². The Hall–Kier alpha value is -2.45. The van der Waals surface area contributed by atoms with Crippen LogP contribution in [0.15, 0.2) is 29.3 Å². The molecule has 1 aromatic carbocycles. The summed E-state index contributed by atoms with van der Waals surface area (Å²) in [5.41, 5.74) is 4.79. The molecule has 8 nitrogen and oxygen atoms in total. The number of hydrogen-bond acceptors (Lipinski definition) is 6. The number of ether oxygens (including phenoxy) is 1. The number of hydrazine groups is 1. The average Bonchev–Trinajstić information content (AvgIpc) is 2.80. The summed E-state index contributed by atoms with van der Waals surface area (Å²) in [6.45, 7) is 9.58. The molecule has 1 saturated heterocycles. The second kappa shape index (κ2) is 11.8. The number of rotatable bonds is 10. The molecule has 0 saturated carbocycles. The summed E-state index contributed by atoms with van der Waals surface area (Å²) < 4.78 is 5.42. The first-order valence-corrected chi connectivity index (χ1v) is 11.4. The molecule has 1 fully saturated rings. The van der Waals surface area contributed by atoms with E-state index in [9.17, 15) is 9.59 Å². The highest BCUT2D eigenvalue weighted by atomic mass is 16.5. The molecule has 31 heavy (non-hydrogen) atoms. The Bertz CT molecular complexity index is 759. The van der Waals surface area contributed by atoms with E-state index in [2.05, 4.69) is 22.2 Å². The standard InChI is InChI=1S/C23H35N5O3/c1-3-4-5-6-11-27(13-12-26-14-16-31-17-15-26)23(30)22-24-18-21(29)28(25-22)20-9-7-19(2)8-10-20/h7-10H,3-6,11-18H2,1-2H3,(H,24,25). The van der Waals surface area contributed by atoms with Crippen molar-refractivity contribution in [2.24, 2.45) is 4.99 Å². The molecular formula is C23H35N5O3. The van der Waals surface area contributed by atoms with Crippen LogP contribution in [0.2, 0.25) is 0 Å². The molecule has 0 radical (unpaired) electrons. The van der Waals surface area contributed by atoms with Crippen molar-refractivity contribution in [1.82, 2.24) is 15.2 Å². The van der Waals surface area contributed by atoms with Crippen molar-refractivity contribution in [3.05, 3.63) is 29.8 Å². The highest BCUT2D eigenvalue weighted by Gasteiger charge is 2.28. The molecule has 0 spiro atoms. The van der Waals surface area contributed by atoms with Gasteiger partial charge in [-0.05, 0) is 25.5 Å². The number of aliphatic imine (C=N–C) groups is 1. The van der Waals surface area contributed by atoms with Crippen molar-refractivity contribution in [3.63, 3.8) is 0 Å². The minimum absolute atomic E-state index is 0.0327. The van der Waals surface area contributed by atoms with Crippen LogP contribution in [-0.4, -0.2) is 79.9 Å².